The van der Waals surface area contributed by atoms with E-state index in [4.69, 9.17) is 11.6 Å². The fraction of sp³-hybridized carbons (Fsp3) is 0.429. The molecule has 0 unspecified atom stereocenters. The van der Waals surface area contributed by atoms with Gasteiger partial charge >= 0.3 is 0 Å². The normalized spacial score (nSPS) is 12.2. The Hall–Kier alpha value is -1.95. The van der Waals surface area contributed by atoms with E-state index in [0.717, 1.165) is 17.9 Å². The highest BCUT2D eigenvalue weighted by Gasteiger charge is 2.11. The van der Waals surface area contributed by atoms with Crippen molar-refractivity contribution in [3.8, 4) is 0 Å². The van der Waals surface area contributed by atoms with Crippen molar-refractivity contribution in [3.05, 3.63) is 40.7 Å². The molecule has 2 rings (SSSR count). The molecule has 0 fully saturated rings. The summed E-state index contributed by atoms with van der Waals surface area (Å²) in [5.41, 5.74) is 2.38. The van der Waals surface area contributed by atoms with Gasteiger partial charge in [-0.3, -0.25) is 9.48 Å². The van der Waals surface area contributed by atoms with E-state index in [0.29, 0.717) is 6.54 Å². The second-order valence-corrected chi connectivity index (χ2v) is 5.54. The van der Waals surface area contributed by atoms with Gasteiger partial charge in [0.2, 0.25) is 0 Å². The van der Waals surface area contributed by atoms with Crippen molar-refractivity contribution in [2.75, 3.05) is 6.54 Å². The number of hydrogen-bond acceptors (Lipinski definition) is 4. The fourth-order valence-electron chi connectivity index (χ4n) is 2.01. The highest BCUT2D eigenvalue weighted by Crippen LogP contribution is 2.06. The minimum absolute atomic E-state index is 0.251. The molecule has 21 heavy (non-hydrogen) atoms. The first-order chi connectivity index (χ1) is 9.95. The van der Waals surface area contributed by atoms with E-state index in [1.165, 1.54) is 12.4 Å². The predicted molar refractivity (Wildman–Crippen MR) is 80.2 cm³/mol. The molecule has 1 N–H and O–H groups in total. The van der Waals surface area contributed by atoms with Crippen LogP contribution in [0.5, 0.6) is 0 Å². The van der Waals surface area contributed by atoms with Crippen LogP contribution in [0, 0.1) is 19.8 Å². The zero-order valence-corrected chi connectivity index (χ0v) is 13.1. The summed E-state index contributed by atoms with van der Waals surface area (Å²) in [5.74, 6) is 0.00611. The van der Waals surface area contributed by atoms with Gasteiger partial charge in [-0.2, -0.15) is 5.10 Å². The number of nitrogens with one attached hydrogen (secondary N) is 1. The molecule has 2 aromatic rings. The molecule has 0 saturated heterocycles. The third-order valence-corrected chi connectivity index (χ3v) is 3.25. The van der Waals surface area contributed by atoms with Crippen molar-refractivity contribution in [2.45, 2.75) is 27.3 Å². The highest BCUT2D eigenvalue weighted by molar-refractivity contribution is 6.29. The summed E-state index contributed by atoms with van der Waals surface area (Å²) in [6.45, 7) is 7.35. The van der Waals surface area contributed by atoms with Crippen molar-refractivity contribution in [1.82, 2.24) is 25.1 Å². The highest BCUT2D eigenvalue weighted by atomic mass is 35.5. The molecule has 0 radical (unpaired) electrons. The monoisotopic (exact) mass is 307 g/mol. The van der Waals surface area contributed by atoms with Gasteiger partial charge in [0.15, 0.2) is 0 Å². The topological polar surface area (TPSA) is 72.7 Å². The summed E-state index contributed by atoms with van der Waals surface area (Å²) in [6, 6.07) is 2.04. The van der Waals surface area contributed by atoms with Crippen LogP contribution in [-0.2, 0) is 6.54 Å². The van der Waals surface area contributed by atoms with Gasteiger partial charge in [-0.25, -0.2) is 9.97 Å². The molecule has 0 bridgehead atoms. The first-order valence-corrected chi connectivity index (χ1v) is 7.10. The lowest BCUT2D eigenvalue weighted by Crippen LogP contribution is -2.31. The van der Waals surface area contributed by atoms with Gasteiger partial charge < -0.3 is 5.32 Å². The smallest absolute Gasteiger partial charge is 0.271 e. The van der Waals surface area contributed by atoms with E-state index in [-0.39, 0.29) is 22.7 Å². The zero-order valence-electron chi connectivity index (χ0n) is 12.3. The summed E-state index contributed by atoms with van der Waals surface area (Å²) in [4.78, 5) is 19.7. The Balaban J connectivity index is 1.86. The lowest BCUT2D eigenvalue weighted by atomic mass is 10.2. The Bertz CT molecular complexity index is 623. The van der Waals surface area contributed by atoms with Gasteiger partial charge in [0.05, 0.1) is 18.1 Å². The number of aryl methyl sites for hydroxylation is 2. The lowest BCUT2D eigenvalue weighted by molar-refractivity contribution is 0.0941. The molecule has 1 atom stereocenters. The molecule has 0 spiro atoms. The van der Waals surface area contributed by atoms with E-state index in [2.05, 4.69) is 27.3 Å². The van der Waals surface area contributed by atoms with Crippen LogP contribution >= 0.6 is 11.6 Å². The number of carbonyl (C=O) groups excluding carboxylic acids is 1. The molecular formula is C14H18ClN5O. The van der Waals surface area contributed by atoms with Gasteiger partial charge in [-0.1, -0.05) is 18.5 Å². The molecule has 0 aliphatic carbocycles. The molecule has 7 heteroatoms. The van der Waals surface area contributed by atoms with Crippen molar-refractivity contribution in [3.63, 3.8) is 0 Å². The number of amides is 1. The number of rotatable bonds is 5. The summed E-state index contributed by atoms with van der Waals surface area (Å²) in [7, 11) is 0. The van der Waals surface area contributed by atoms with Crippen LogP contribution in [0.25, 0.3) is 0 Å². The van der Waals surface area contributed by atoms with Crippen LogP contribution in [0.15, 0.2) is 18.5 Å². The van der Waals surface area contributed by atoms with Crippen LogP contribution in [0.4, 0.5) is 0 Å². The van der Waals surface area contributed by atoms with Crippen molar-refractivity contribution in [2.24, 2.45) is 5.92 Å². The Morgan fingerprint density at radius 2 is 2.14 bits per heavy atom. The molecule has 0 aromatic carbocycles. The zero-order chi connectivity index (χ0) is 15.4. The third-order valence-electron chi connectivity index (χ3n) is 3.05. The van der Waals surface area contributed by atoms with Crippen LogP contribution < -0.4 is 5.32 Å². The molecule has 2 aromatic heterocycles. The second-order valence-electron chi connectivity index (χ2n) is 5.15. The number of hydrogen-bond donors (Lipinski definition) is 1. The number of nitrogens with zero attached hydrogens (tertiary/aromatic N) is 4. The maximum absolute atomic E-state index is 11.9. The molecular weight excluding hydrogens is 290 g/mol. The van der Waals surface area contributed by atoms with Gasteiger partial charge in [0, 0.05) is 18.8 Å². The van der Waals surface area contributed by atoms with Crippen LogP contribution in [0.3, 0.4) is 0 Å². The summed E-state index contributed by atoms with van der Waals surface area (Å²) < 4.78 is 1.95. The largest absolute Gasteiger partial charge is 0.350 e. The van der Waals surface area contributed by atoms with Crippen molar-refractivity contribution >= 4 is 17.5 Å². The Labute approximate surface area is 128 Å². The molecule has 2 heterocycles. The summed E-state index contributed by atoms with van der Waals surface area (Å²) in [5, 5.41) is 7.52. The third kappa shape index (κ3) is 4.26. The molecule has 1 amide bonds. The summed E-state index contributed by atoms with van der Waals surface area (Å²) >= 11 is 5.64. The van der Waals surface area contributed by atoms with Crippen LogP contribution in [0.2, 0.25) is 5.15 Å². The van der Waals surface area contributed by atoms with Gasteiger partial charge in [-0.15, -0.1) is 0 Å². The Morgan fingerprint density at radius 1 is 1.38 bits per heavy atom. The molecule has 0 aliphatic heterocycles. The Kier molecular flexibility index (Phi) is 4.90. The SMILES string of the molecule is Cc1cc(C)n(C[C@H](C)CNC(=O)c2cnc(Cl)cn2)n1. The summed E-state index contributed by atoms with van der Waals surface area (Å²) in [6.07, 6.45) is 2.72. The maximum atomic E-state index is 11.9. The minimum Gasteiger partial charge on any atom is -0.350 e. The molecule has 6 nitrogen and oxygen atoms in total. The average molecular weight is 308 g/mol. The van der Waals surface area contributed by atoms with Crippen LogP contribution in [0.1, 0.15) is 28.8 Å². The Morgan fingerprint density at radius 3 is 2.71 bits per heavy atom. The second kappa shape index (κ2) is 6.67. The van der Waals surface area contributed by atoms with E-state index in [1.54, 1.807) is 0 Å². The quantitative estimate of drug-likeness (QED) is 0.917. The average Bonchev–Trinajstić information content (AvgIpc) is 2.75. The minimum atomic E-state index is -0.251. The number of carbonyl (C=O) groups is 1. The van der Waals surface area contributed by atoms with Crippen molar-refractivity contribution in [1.29, 1.82) is 0 Å². The van der Waals surface area contributed by atoms with E-state index in [9.17, 15) is 4.79 Å². The lowest BCUT2D eigenvalue weighted by Gasteiger charge is -2.13. The molecule has 112 valence electrons. The predicted octanol–water partition coefficient (Wildman–Crippen LogP) is 2.01. The first kappa shape index (κ1) is 15.4. The van der Waals surface area contributed by atoms with E-state index < -0.39 is 0 Å². The maximum Gasteiger partial charge on any atom is 0.271 e. The van der Waals surface area contributed by atoms with Gasteiger partial charge in [0.25, 0.3) is 5.91 Å². The first-order valence-electron chi connectivity index (χ1n) is 6.72. The molecule has 0 saturated carbocycles. The van der Waals surface area contributed by atoms with Gasteiger partial charge in [-0.05, 0) is 25.8 Å². The van der Waals surface area contributed by atoms with Crippen molar-refractivity contribution < 1.29 is 4.79 Å². The van der Waals surface area contributed by atoms with E-state index >= 15 is 0 Å². The number of aromatic nitrogens is 4. The van der Waals surface area contributed by atoms with E-state index in [1.807, 2.05) is 24.6 Å². The van der Waals surface area contributed by atoms with Crippen LogP contribution in [-0.4, -0.2) is 32.2 Å². The molecule has 0 aliphatic rings. The van der Waals surface area contributed by atoms with Gasteiger partial charge in [0.1, 0.15) is 10.8 Å². The fourth-order valence-corrected chi connectivity index (χ4v) is 2.10. The standard InChI is InChI=1S/C14H18ClN5O/c1-9(8-20-11(3)4-10(2)19-20)5-18-14(21)12-6-17-13(15)7-16-12/h4,6-7,9H,5,8H2,1-3H3,(H,18,21)/t9-/m1/s1. The number of halogens is 1.